The summed E-state index contributed by atoms with van der Waals surface area (Å²) >= 11 is 1.60. The fourth-order valence-electron chi connectivity index (χ4n) is 2.61. The predicted molar refractivity (Wildman–Crippen MR) is 92.5 cm³/mol. The largest absolute Gasteiger partial charge is 0.389 e. The summed E-state index contributed by atoms with van der Waals surface area (Å²) in [4.78, 5) is 25.9. The van der Waals surface area contributed by atoms with E-state index in [2.05, 4.69) is 12.2 Å². The maximum atomic E-state index is 12.4. The van der Waals surface area contributed by atoms with Gasteiger partial charge < -0.3 is 15.3 Å². The van der Waals surface area contributed by atoms with Crippen molar-refractivity contribution in [1.29, 1.82) is 0 Å². The second kappa shape index (κ2) is 8.93. The molecule has 1 saturated heterocycles. The molecule has 1 aromatic rings. The molecule has 0 saturated carbocycles. The number of aliphatic hydroxyl groups is 1. The van der Waals surface area contributed by atoms with Crippen LogP contribution in [0.4, 0.5) is 0 Å². The minimum atomic E-state index is -0.725. The van der Waals surface area contributed by atoms with Crippen LogP contribution in [0.1, 0.15) is 30.1 Å². The van der Waals surface area contributed by atoms with Crippen LogP contribution in [-0.4, -0.2) is 58.6 Å². The van der Waals surface area contributed by atoms with Gasteiger partial charge in [0.1, 0.15) is 0 Å². The molecule has 0 aromatic heterocycles. The molecule has 5 nitrogen and oxygen atoms in total. The molecule has 23 heavy (non-hydrogen) atoms. The maximum absolute atomic E-state index is 12.4. The summed E-state index contributed by atoms with van der Waals surface area (Å²) in [5, 5.41) is 13.1. The summed E-state index contributed by atoms with van der Waals surface area (Å²) in [7, 11) is 0. The number of β-amino-alcohol motifs (C(OH)–C–C–N with tert-alkyl or cyclic N) is 1. The number of piperidine rings is 1. The Bertz CT molecular complexity index is 524. The Morgan fingerprint density at radius 2 is 2.09 bits per heavy atom. The lowest BCUT2D eigenvalue weighted by Gasteiger charge is -2.36. The molecule has 2 rings (SSSR count). The van der Waals surface area contributed by atoms with E-state index in [1.54, 1.807) is 28.8 Å². The standard InChI is InChI=1S/C17H24N2O3S/c1-2-10-23-12-16(21)18-14-8-9-19(11-15(14)20)17(22)13-6-4-3-5-7-13/h3-7,14-15,20H,2,8-12H2,1H3,(H,18,21)/t14-,15-/m1/s1. The number of hydrogen-bond donors (Lipinski definition) is 2. The predicted octanol–water partition coefficient (Wildman–Crippen LogP) is 1.52. The second-order valence-electron chi connectivity index (χ2n) is 5.70. The van der Waals surface area contributed by atoms with Gasteiger partial charge in [0.15, 0.2) is 0 Å². The van der Waals surface area contributed by atoms with E-state index in [4.69, 9.17) is 0 Å². The van der Waals surface area contributed by atoms with Gasteiger partial charge in [0.05, 0.1) is 17.9 Å². The van der Waals surface area contributed by atoms with Gasteiger partial charge in [-0.15, -0.1) is 0 Å². The molecule has 126 valence electrons. The Balaban J connectivity index is 1.83. The van der Waals surface area contributed by atoms with Crippen molar-refractivity contribution in [1.82, 2.24) is 10.2 Å². The minimum absolute atomic E-state index is 0.0460. The Labute approximate surface area is 141 Å². The first-order chi connectivity index (χ1) is 11.1. The van der Waals surface area contributed by atoms with E-state index in [-0.39, 0.29) is 24.4 Å². The molecule has 0 radical (unpaired) electrons. The Morgan fingerprint density at radius 1 is 1.35 bits per heavy atom. The van der Waals surface area contributed by atoms with E-state index in [9.17, 15) is 14.7 Å². The highest BCUT2D eigenvalue weighted by Crippen LogP contribution is 2.15. The number of benzene rings is 1. The zero-order valence-corrected chi connectivity index (χ0v) is 14.2. The molecule has 1 aliphatic heterocycles. The van der Waals surface area contributed by atoms with Crippen LogP contribution in [0.25, 0.3) is 0 Å². The summed E-state index contributed by atoms with van der Waals surface area (Å²) < 4.78 is 0. The summed E-state index contributed by atoms with van der Waals surface area (Å²) in [6.07, 6.45) is 0.890. The highest BCUT2D eigenvalue weighted by Gasteiger charge is 2.31. The van der Waals surface area contributed by atoms with Crippen molar-refractivity contribution in [2.45, 2.75) is 31.9 Å². The van der Waals surface area contributed by atoms with Crippen LogP contribution in [0.5, 0.6) is 0 Å². The fraction of sp³-hybridized carbons (Fsp3) is 0.529. The summed E-state index contributed by atoms with van der Waals surface area (Å²) in [6, 6.07) is 8.78. The van der Waals surface area contributed by atoms with Crippen LogP contribution in [0.2, 0.25) is 0 Å². The van der Waals surface area contributed by atoms with Crippen LogP contribution in [0, 0.1) is 0 Å². The molecule has 0 aliphatic carbocycles. The molecule has 1 aromatic carbocycles. The molecule has 1 aliphatic rings. The number of carbonyl (C=O) groups excluding carboxylic acids is 2. The molecule has 2 amide bonds. The third-order valence-electron chi connectivity index (χ3n) is 3.82. The van der Waals surface area contributed by atoms with Crippen LogP contribution >= 0.6 is 11.8 Å². The first kappa shape index (κ1) is 17.8. The molecule has 1 fully saturated rings. The van der Waals surface area contributed by atoms with Crippen molar-refractivity contribution in [3.8, 4) is 0 Å². The first-order valence-corrected chi connectivity index (χ1v) is 9.16. The number of nitrogens with zero attached hydrogens (tertiary/aromatic N) is 1. The third kappa shape index (κ3) is 5.25. The molecule has 6 heteroatoms. The molecule has 0 bridgehead atoms. The minimum Gasteiger partial charge on any atom is -0.389 e. The van der Waals surface area contributed by atoms with Gasteiger partial charge in [0.25, 0.3) is 5.91 Å². The first-order valence-electron chi connectivity index (χ1n) is 8.01. The van der Waals surface area contributed by atoms with E-state index in [0.29, 0.717) is 24.3 Å². The van der Waals surface area contributed by atoms with E-state index >= 15 is 0 Å². The van der Waals surface area contributed by atoms with Crippen LogP contribution < -0.4 is 5.32 Å². The maximum Gasteiger partial charge on any atom is 0.253 e. The molecular formula is C17H24N2O3S. The lowest BCUT2D eigenvalue weighted by Crippen LogP contribution is -2.55. The van der Waals surface area contributed by atoms with Gasteiger partial charge >= 0.3 is 0 Å². The van der Waals surface area contributed by atoms with E-state index < -0.39 is 6.10 Å². The van der Waals surface area contributed by atoms with Crippen LogP contribution in [0.15, 0.2) is 30.3 Å². The number of likely N-dealkylation sites (tertiary alicyclic amines) is 1. The fourth-order valence-corrected chi connectivity index (χ4v) is 3.31. The van der Waals surface area contributed by atoms with E-state index in [0.717, 1.165) is 12.2 Å². The molecule has 2 N–H and O–H groups in total. The second-order valence-corrected chi connectivity index (χ2v) is 6.80. The average molecular weight is 336 g/mol. The Morgan fingerprint density at radius 3 is 2.74 bits per heavy atom. The molecule has 0 unspecified atom stereocenters. The smallest absolute Gasteiger partial charge is 0.253 e. The Kier molecular flexibility index (Phi) is 6.92. The van der Waals surface area contributed by atoms with Crippen molar-refractivity contribution in [2.24, 2.45) is 0 Å². The van der Waals surface area contributed by atoms with Crippen molar-refractivity contribution >= 4 is 23.6 Å². The number of amides is 2. The quantitative estimate of drug-likeness (QED) is 0.773. The van der Waals surface area contributed by atoms with Gasteiger partial charge in [0, 0.05) is 18.7 Å². The number of carbonyl (C=O) groups is 2. The third-order valence-corrected chi connectivity index (χ3v) is 4.98. The molecule has 1 heterocycles. The van der Waals surface area contributed by atoms with Crippen molar-refractivity contribution in [2.75, 3.05) is 24.6 Å². The van der Waals surface area contributed by atoms with Gasteiger partial charge in [-0.3, -0.25) is 9.59 Å². The number of hydrogen-bond acceptors (Lipinski definition) is 4. The number of aliphatic hydroxyl groups excluding tert-OH is 1. The number of nitrogens with one attached hydrogen (secondary N) is 1. The summed E-state index contributed by atoms with van der Waals surface area (Å²) in [6.45, 7) is 2.87. The van der Waals surface area contributed by atoms with Crippen LogP contribution in [-0.2, 0) is 4.79 Å². The average Bonchev–Trinajstić information content (AvgIpc) is 2.57. The van der Waals surface area contributed by atoms with Gasteiger partial charge in [-0.1, -0.05) is 25.1 Å². The van der Waals surface area contributed by atoms with Crippen molar-refractivity contribution in [3.05, 3.63) is 35.9 Å². The molecule has 0 spiro atoms. The topological polar surface area (TPSA) is 69.6 Å². The zero-order valence-electron chi connectivity index (χ0n) is 13.4. The van der Waals surface area contributed by atoms with Gasteiger partial charge in [-0.2, -0.15) is 11.8 Å². The lowest BCUT2D eigenvalue weighted by atomic mass is 10.0. The monoisotopic (exact) mass is 336 g/mol. The number of thioether (sulfide) groups is 1. The summed E-state index contributed by atoms with van der Waals surface area (Å²) in [5.74, 6) is 1.26. The summed E-state index contributed by atoms with van der Waals surface area (Å²) in [5.41, 5.74) is 0.623. The van der Waals surface area contributed by atoms with Crippen molar-refractivity contribution < 1.29 is 14.7 Å². The van der Waals surface area contributed by atoms with Gasteiger partial charge in [-0.05, 0) is 30.7 Å². The van der Waals surface area contributed by atoms with E-state index in [1.165, 1.54) is 0 Å². The van der Waals surface area contributed by atoms with E-state index in [1.807, 2.05) is 18.2 Å². The normalized spacial score (nSPS) is 21.0. The SMILES string of the molecule is CCCSCC(=O)N[C@@H]1CCN(C(=O)c2ccccc2)C[C@H]1O. The van der Waals surface area contributed by atoms with Crippen LogP contribution in [0.3, 0.4) is 0 Å². The Hall–Kier alpha value is -1.53. The lowest BCUT2D eigenvalue weighted by molar-refractivity contribution is -0.120. The highest BCUT2D eigenvalue weighted by molar-refractivity contribution is 7.99. The van der Waals surface area contributed by atoms with Crippen molar-refractivity contribution in [3.63, 3.8) is 0 Å². The molecular weight excluding hydrogens is 312 g/mol. The van der Waals surface area contributed by atoms with Gasteiger partial charge in [0.2, 0.25) is 5.91 Å². The van der Waals surface area contributed by atoms with Gasteiger partial charge in [-0.25, -0.2) is 0 Å². The number of rotatable bonds is 6. The zero-order chi connectivity index (χ0) is 16.7. The molecule has 2 atom stereocenters. The highest BCUT2D eigenvalue weighted by atomic mass is 32.2.